The number of hydrogen-bond acceptors (Lipinski definition) is 4. The first-order valence-corrected chi connectivity index (χ1v) is 8.06. The Labute approximate surface area is 120 Å². The van der Waals surface area contributed by atoms with Gasteiger partial charge in [0.15, 0.2) is 0 Å². The molecule has 0 saturated carbocycles. The largest absolute Gasteiger partial charge is 0.264 e. The first-order chi connectivity index (χ1) is 8.80. The zero-order valence-electron chi connectivity index (χ0n) is 10.3. The molecule has 0 aliphatic rings. The third kappa shape index (κ3) is 2.91. The lowest BCUT2D eigenvalue weighted by Gasteiger charge is -2.06. The summed E-state index contributed by atoms with van der Waals surface area (Å²) in [5, 5.41) is 4.69. The molecule has 5 nitrogen and oxygen atoms in total. The Balaban J connectivity index is 2.47. The maximum absolute atomic E-state index is 11.5. The number of nitrogens with zero attached hydrogens (tertiary/aromatic N) is 3. The number of aryl methyl sites for hydroxylation is 1. The van der Waals surface area contributed by atoms with E-state index in [-0.39, 0.29) is 4.90 Å². The Morgan fingerprint density at radius 3 is 2.58 bits per heavy atom. The average Bonchev–Trinajstić information content (AvgIpc) is 2.56. The Bertz CT molecular complexity index is 726. The van der Waals surface area contributed by atoms with Crippen molar-refractivity contribution in [2.24, 2.45) is 0 Å². The van der Waals surface area contributed by atoms with Crippen molar-refractivity contribution >= 4 is 31.3 Å². The smallest absolute Gasteiger partial charge is 0.264 e. The molecule has 2 aromatic rings. The maximum Gasteiger partial charge on any atom is 0.264 e. The van der Waals surface area contributed by atoms with E-state index in [2.05, 4.69) is 10.1 Å². The summed E-state index contributed by atoms with van der Waals surface area (Å²) in [6, 6.07) is 1.76. The van der Waals surface area contributed by atoms with Gasteiger partial charge in [0.25, 0.3) is 9.05 Å². The fraction of sp³-hybridized carbons (Fsp3) is 0.273. The Hall–Kier alpha value is -1.11. The minimum absolute atomic E-state index is 0.0549. The summed E-state index contributed by atoms with van der Waals surface area (Å²) < 4.78 is 24.5. The Morgan fingerprint density at radius 1 is 1.37 bits per heavy atom. The van der Waals surface area contributed by atoms with Gasteiger partial charge in [-0.3, -0.25) is 9.67 Å². The predicted octanol–water partition coefficient (Wildman–Crippen LogP) is 2.52. The number of halogens is 2. The minimum atomic E-state index is -3.80. The highest BCUT2D eigenvalue weighted by molar-refractivity contribution is 8.13. The van der Waals surface area contributed by atoms with Crippen molar-refractivity contribution in [1.29, 1.82) is 0 Å². The molecule has 0 atom stereocenters. The number of aromatic nitrogens is 3. The van der Waals surface area contributed by atoms with E-state index in [0.29, 0.717) is 23.0 Å². The fourth-order valence-electron chi connectivity index (χ4n) is 1.88. The second-order valence-corrected chi connectivity index (χ2v) is 6.97. The topological polar surface area (TPSA) is 64.8 Å². The van der Waals surface area contributed by atoms with Crippen molar-refractivity contribution in [3.05, 3.63) is 40.4 Å². The Kier molecular flexibility index (Phi) is 3.85. The molecule has 0 saturated heterocycles. The molecule has 2 aromatic heterocycles. The van der Waals surface area contributed by atoms with Crippen LogP contribution < -0.4 is 0 Å². The summed E-state index contributed by atoms with van der Waals surface area (Å²) in [5.41, 5.74) is 1.67. The molecule has 102 valence electrons. The first kappa shape index (κ1) is 14.3. The maximum atomic E-state index is 11.5. The van der Waals surface area contributed by atoms with Crippen LogP contribution in [0.4, 0.5) is 0 Å². The van der Waals surface area contributed by atoms with Crippen LogP contribution in [0.1, 0.15) is 17.0 Å². The average molecular weight is 320 g/mol. The van der Waals surface area contributed by atoms with Gasteiger partial charge < -0.3 is 0 Å². The van der Waals surface area contributed by atoms with E-state index in [4.69, 9.17) is 22.3 Å². The molecule has 8 heteroatoms. The van der Waals surface area contributed by atoms with Crippen LogP contribution in [0.3, 0.4) is 0 Å². The van der Waals surface area contributed by atoms with Crippen molar-refractivity contribution in [1.82, 2.24) is 14.8 Å². The van der Waals surface area contributed by atoms with Crippen LogP contribution in [-0.2, 0) is 15.6 Å². The highest BCUT2D eigenvalue weighted by Gasteiger charge is 2.22. The van der Waals surface area contributed by atoms with Crippen LogP contribution in [0.15, 0.2) is 23.4 Å². The van der Waals surface area contributed by atoms with Crippen LogP contribution in [0.25, 0.3) is 0 Å². The van der Waals surface area contributed by atoms with E-state index in [1.165, 1.54) is 6.20 Å². The number of hydrogen-bond donors (Lipinski definition) is 0. The normalized spacial score (nSPS) is 11.8. The van der Waals surface area contributed by atoms with Crippen molar-refractivity contribution in [3.63, 3.8) is 0 Å². The lowest BCUT2D eigenvalue weighted by Crippen LogP contribution is -2.05. The molecule has 0 aliphatic carbocycles. The zero-order chi connectivity index (χ0) is 14.2. The lowest BCUT2D eigenvalue weighted by atomic mass is 10.2. The van der Waals surface area contributed by atoms with Crippen molar-refractivity contribution in [2.45, 2.75) is 25.3 Å². The highest BCUT2D eigenvalue weighted by atomic mass is 35.7. The van der Waals surface area contributed by atoms with E-state index in [1.807, 2.05) is 0 Å². The van der Waals surface area contributed by atoms with Crippen molar-refractivity contribution in [3.8, 4) is 0 Å². The van der Waals surface area contributed by atoms with E-state index in [1.54, 1.807) is 30.8 Å². The molecule has 0 aromatic carbocycles. The molecule has 19 heavy (non-hydrogen) atoms. The second kappa shape index (κ2) is 5.11. The third-order valence-electron chi connectivity index (χ3n) is 2.74. The molecule has 0 aliphatic heterocycles. The summed E-state index contributed by atoms with van der Waals surface area (Å²) >= 11 is 6.02. The SMILES string of the molecule is Cc1nn(Cc2ccncc2Cl)c(C)c1S(=O)(=O)Cl. The molecule has 0 bridgehead atoms. The molecule has 0 N–H and O–H groups in total. The monoisotopic (exact) mass is 319 g/mol. The summed E-state index contributed by atoms with van der Waals surface area (Å²) in [5.74, 6) is 0. The highest BCUT2D eigenvalue weighted by Crippen LogP contribution is 2.24. The molecule has 0 unspecified atom stereocenters. The molecule has 2 heterocycles. The van der Waals surface area contributed by atoms with Gasteiger partial charge in [0.2, 0.25) is 0 Å². The molecule has 0 spiro atoms. The minimum Gasteiger partial charge on any atom is -0.264 e. The molecular formula is C11H11Cl2N3O2S. The molecule has 2 rings (SSSR count). The van der Waals surface area contributed by atoms with Crippen LogP contribution in [0, 0.1) is 13.8 Å². The van der Waals surface area contributed by atoms with Gasteiger partial charge in [0, 0.05) is 23.1 Å². The fourth-order valence-corrected chi connectivity index (χ4v) is 3.58. The van der Waals surface area contributed by atoms with Crippen molar-refractivity contribution in [2.75, 3.05) is 0 Å². The van der Waals surface area contributed by atoms with Crippen molar-refractivity contribution < 1.29 is 8.42 Å². The van der Waals surface area contributed by atoms with E-state index in [0.717, 1.165) is 5.56 Å². The third-order valence-corrected chi connectivity index (χ3v) is 4.62. The van der Waals surface area contributed by atoms with Gasteiger partial charge in [0.05, 0.1) is 23.0 Å². The van der Waals surface area contributed by atoms with E-state index >= 15 is 0 Å². The lowest BCUT2D eigenvalue weighted by molar-refractivity contribution is 0.607. The van der Waals surface area contributed by atoms with E-state index < -0.39 is 9.05 Å². The summed E-state index contributed by atoms with van der Waals surface area (Å²) in [7, 11) is 1.60. The van der Waals surface area contributed by atoms with Crippen LogP contribution in [0.2, 0.25) is 5.02 Å². The first-order valence-electron chi connectivity index (χ1n) is 5.37. The zero-order valence-corrected chi connectivity index (χ0v) is 12.6. The number of rotatable bonds is 3. The van der Waals surface area contributed by atoms with Gasteiger partial charge in [-0.2, -0.15) is 5.10 Å². The van der Waals surface area contributed by atoms with Gasteiger partial charge in [-0.25, -0.2) is 8.42 Å². The van der Waals surface area contributed by atoms with Gasteiger partial charge in [-0.1, -0.05) is 11.6 Å². The summed E-state index contributed by atoms with van der Waals surface area (Å²) in [6.45, 7) is 3.62. The molecule has 0 fully saturated rings. The summed E-state index contributed by atoms with van der Waals surface area (Å²) in [4.78, 5) is 3.95. The predicted molar refractivity (Wildman–Crippen MR) is 73.1 cm³/mol. The molecule has 0 radical (unpaired) electrons. The van der Waals surface area contributed by atoms with E-state index in [9.17, 15) is 8.42 Å². The van der Waals surface area contributed by atoms with Crippen LogP contribution in [0.5, 0.6) is 0 Å². The van der Waals surface area contributed by atoms with Crippen LogP contribution >= 0.6 is 22.3 Å². The van der Waals surface area contributed by atoms with Gasteiger partial charge in [0.1, 0.15) is 4.90 Å². The second-order valence-electron chi connectivity index (χ2n) is 4.06. The number of pyridine rings is 1. The van der Waals surface area contributed by atoms with Gasteiger partial charge >= 0.3 is 0 Å². The summed E-state index contributed by atoms with van der Waals surface area (Å²) in [6.07, 6.45) is 3.15. The standard InChI is InChI=1S/C11H11Cl2N3O2S/c1-7-11(19(13,17)18)8(2)16(15-7)6-9-3-4-14-5-10(9)12/h3-5H,6H2,1-2H3. The quantitative estimate of drug-likeness (QED) is 0.815. The van der Waals surface area contributed by atoms with Gasteiger partial charge in [-0.05, 0) is 25.5 Å². The molecular weight excluding hydrogens is 309 g/mol. The van der Waals surface area contributed by atoms with Gasteiger partial charge in [-0.15, -0.1) is 0 Å². The molecule has 0 amide bonds. The Morgan fingerprint density at radius 2 is 2.05 bits per heavy atom. The van der Waals surface area contributed by atoms with Crippen LogP contribution in [-0.4, -0.2) is 23.2 Å².